The highest BCUT2D eigenvalue weighted by Crippen LogP contribution is 2.41. The molecule has 5 nitrogen and oxygen atoms in total. The van der Waals surface area contributed by atoms with Crippen LogP contribution in [0.4, 0.5) is 0 Å². The molecule has 0 atom stereocenters. The summed E-state index contributed by atoms with van der Waals surface area (Å²) >= 11 is 0. The second-order valence-corrected chi connectivity index (χ2v) is 7.99. The molecule has 0 aliphatic carbocycles. The normalized spacial score (nSPS) is 12.2. The van der Waals surface area contributed by atoms with Crippen LogP contribution in [-0.4, -0.2) is 31.7 Å². The van der Waals surface area contributed by atoms with E-state index in [0.717, 1.165) is 40.7 Å². The summed E-state index contributed by atoms with van der Waals surface area (Å²) in [7, 11) is 4.92. The fraction of sp³-hybridized carbons (Fsp3) is 0.222. The SMILES string of the molecule is COc1cc2cc3n(c2cc1OC)CCc1cc(OC)c(C(=O)Cc2ccccc2)cc1-3. The average Bonchev–Trinajstić information content (AvgIpc) is 3.20. The quantitative estimate of drug-likeness (QED) is 0.391. The lowest BCUT2D eigenvalue weighted by atomic mass is 9.92. The molecule has 32 heavy (non-hydrogen) atoms. The average molecular weight is 428 g/mol. The first-order valence-electron chi connectivity index (χ1n) is 10.7. The minimum Gasteiger partial charge on any atom is -0.496 e. The van der Waals surface area contributed by atoms with E-state index < -0.39 is 0 Å². The summed E-state index contributed by atoms with van der Waals surface area (Å²) in [5.41, 5.74) is 6.05. The topological polar surface area (TPSA) is 49.7 Å². The van der Waals surface area contributed by atoms with Crippen molar-refractivity contribution in [2.75, 3.05) is 21.3 Å². The van der Waals surface area contributed by atoms with Crippen molar-refractivity contribution < 1.29 is 19.0 Å². The molecule has 162 valence electrons. The minimum absolute atomic E-state index is 0.0485. The van der Waals surface area contributed by atoms with Gasteiger partial charge in [0.15, 0.2) is 17.3 Å². The van der Waals surface area contributed by atoms with Gasteiger partial charge in [0.1, 0.15) is 5.75 Å². The highest BCUT2D eigenvalue weighted by Gasteiger charge is 2.24. The van der Waals surface area contributed by atoms with E-state index in [4.69, 9.17) is 14.2 Å². The summed E-state index contributed by atoms with van der Waals surface area (Å²) in [4.78, 5) is 13.2. The van der Waals surface area contributed by atoms with Crippen LogP contribution in [0.15, 0.2) is 60.7 Å². The van der Waals surface area contributed by atoms with Gasteiger partial charge in [-0.2, -0.15) is 0 Å². The van der Waals surface area contributed by atoms with Gasteiger partial charge in [-0.3, -0.25) is 4.79 Å². The van der Waals surface area contributed by atoms with Gasteiger partial charge in [0.2, 0.25) is 0 Å². The molecule has 1 aromatic heterocycles. The Morgan fingerprint density at radius 1 is 0.875 bits per heavy atom. The third-order valence-corrected chi connectivity index (χ3v) is 6.22. The maximum absolute atomic E-state index is 13.2. The van der Waals surface area contributed by atoms with Crippen LogP contribution in [0.2, 0.25) is 0 Å². The molecule has 0 amide bonds. The molecule has 0 N–H and O–H groups in total. The van der Waals surface area contributed by atoms with E-state index in [1.165, 1.54) is 5.56 Å². The van der Waals surface area contributed by atoms with Gasteiger partial charge in [0.25, 0.3) is 0 Å². The highest BCUT2D eigenvalue weighted by molar-refractivity contribution is 6.02. The summed E-state index contributed by atoms with van der Waals surface area (Å²) in [6, 6.07) is 20.0. The van der Waals surface area contributed by atoms with E-state index in [1.54, 1.807) is 21.3 Å². The molecular formula is C27H25NO4. The number of carbonyl (C=O) groups excluding carboxylic acids is 1. The number of nitrogens with zero attached hydrogens (tertiary/aromatic N) is 1. The number of hydrogen-bond acceptors (Lipinski definition) is 4. The highest BCUT2D eigenvalue weighted by atomic mass is 16.5. The Bertz CT molecular complexity index is 1320. The molecule has 5 rings (SSSR count). The number of Topliss-reactive ketones (excluding diaryl/α,β-unsaturated/α-hetero) is 1. The molecule has 4 aromatic rings. The lowest BCUT2D eigenvalue weighted by molar-refractivity contribution is 0.0990. The van der Waals surface area contributed by atoms with Crippen LogP contribution in [-0.2, 0) is 19.4 Å². The van der Waals surface area contributed by atoms with Gasteiger partial charge in [-0.1, -0.05) is 30.3 Å². The predicted octanol–water partition coefficient (Wildman–Crippen LogP) is 5.32. The monoisotopic (exact) mass is 427 g/mol. The lowest BCUT2D eigenvalue weighted by Gasteiger charge is -2.22. The fourth-order valence-corrected chi connectivity index (χ4v) is 4.62. The summed E-state index contributed by atoms with van der Waals surface area (Å²) in [6.45, 7) is 0.849. The summed E-state index contributed by atoms with van der Waals surface area (Å²) in [6.07, 6.45) is 1.21. The second-order valence-electron chi connectivity index (χ2n) is 7.99. The van der Waals surface area contributed by atoms with Crippen molar-refractivity contribution in [1.82, 2.24) is 4.57 Å². The second kappa shape index (κ2) is 8.08. The predicted molar refractivity (Wildman–Crippen MR) is 125 cm³/mol. The van der Waals surface area contributed by atoms with E-state index in [-0.39, 0.29) is 5.78 Å². The number of carbonyl (C=O) groups is 1. The molecule has 5 heteroatoms. The molecule has 0 unspecified atom stereocenters. The van der Waals surface area contributed by atoms with Crippen molar-refractivity contribution in [2.45, 2.75) is 19.4 Å². The van der Waals surface area contributed by atoms with Gasteiger partial charge in [-0.25, -0.2) is 0 Å². The van der Waals surface area contributed by atoms with Crippen molar-refractivity contribution in [1.29, 1.82) is 0 Å². The molecule has 0 bridgehead atoms. The molecule has 0 radical (unpaired) electrons. The van der Waals surface area contributed by atoms with Crippen LogP contribution < -0.4 is 14.2 Å². The maximum Gasteiger partial charge on any atom is 0.170 e. The van der Waals surface area contributed by atoms with Crippen LogP contribution in [0.3, 0.4) is 0 Å². The van der Waals surface area contributed by atoms with Gasteiger partial charge in [0.05, 0.1) is 32.4 Å². The first-order chi connectivity index (χ1) is 15.6. The molecular weight excluding hydrogens is 402 g/mol. The van der Waals surface area contributed by atoms with Crippen molar-refractivity contribution in [3.8, 4) is 28.5 Å². The van der Waals surface area contributed by atoms with E-state index >= 15 is 0 Å². The van der Waals surface area contributed by atoms with E-state index in [1.807, 2.05) is 54.6 Å². The number of hydrogen-bond donors (Lipinski definition) is 0. The smallest absolute Gasteiger partial charge is 0.170 e. The maximum atomic E-state index is 13.2. The van der Waals surface area contributed by atoms with Crippen molar-refractivity contribution in [2.24, 2.45) is 0 Å². The molecule has 1 aliphatic heterocycles. The number of methoxy groups -OCH3 is 3. The molecule has 0 saturated carbocycles. The first-order valence-corrected chi connectivity index (χ1v) is 10.7. The first kappa shape index (κ1) is 20.2. The van der Waals surface area contributed by atoms with Gasteiger partial charge in [-0.15, -0.1) is 0 Å². The Labute approximate surface area is 187 Å². The molecule has 3 aromatic carbocycles. The van der Waals surface area contributed by atoms with Crippen LogP contribution in [0.25, 0.3) is 22.2 Å². The minimum atomic E-state index is 0.0485. The molecule has 0 spiro atoms. The molecule has 0 fully saturated rings. The number of aryl methyl sites for hydroxylation is 2. The van der Waals surface area contributed by atoms with E-state index in [2.05, 4.69) is 10.6 Å². The Kier molecular flexibility index (Phi) is 5.10. The van der Waals surface area contributed by atoms with E-state index in [9.17, 15) is 4.79 Å². The van der Waals surface area contributed by atoms with Crippen LogP contribution in [0, 0.1) is 0 Å². The van der Waals surface area contributed by atoms with Crippen LogP contribution >= 0.6 is 0 Å². The summed E-state index contributed by atoms with van der Waals surface area (Å²) in [5.74, 6) is 2.10. The number of aromatic nitrogens is 1. The number of ether oxygens (including phenoxy) is 3. The molecule has 1 aliphatic rings. The number of benzene rings is 3. The third-order valence-electron chi connectivity index (χ3n) is 6.22. The van der Waals surface area contributed by atoms with Crippen molar-refractivity contribution in [3.63, 3.8) is 0 Å². The van der Waals surface area contributed by atoms with Gasteiger partial charge in [-0.05, 0) is 41.8 Å². The van der Waals surface area contributed by atoms with Crippen LogP contribution in [0.1, 0.15) is 21.5 Å². The number of ketones is 1. The zero-order valence-corrected chi connectivity index (χ0v) is 18.5. The Morgan fingerprint density at radius 2 is 1.59 bits per heavy atom. The number of fused-ring (bicyclic) bond motifs is 5. The zero-order valence-electron chi connectivity index (χ0n) is 18.5. The third kappa shape index (κ3) is 3.30. The standard InChI is InChI=1S/C27H25NO4/c1-30-25-13-18-9-10-28-22-16-27(32-3)26(31-2)14-19(22)12-23(28)20(18)15-21(25)24(29)11-17-7-5-4-6-8-17/h4-8,12-16H,9-11H2,1-3H3. The fourth-order valence-electron chi connectivity index (χ4n) is 4.62. The number of rotatable bonds is 6. The summed E-state index contributed by atoms with van der Waals surface area (Å²) < 4.78 is 18.9. The largest absolute Gasteiger partial charge is 0.496 e. The molecule has 0 saturated heterocycles. The van der Waals surface area contributed by atoms with Crippen molar-refractivity contribution >= 4 is 16.7 Å². The van der Waals surface area contributed by atoms with Gasteiger partial charge in [0, 0.05) is 35.7 Å². The molecule has 2 heterocycles. The Balaban J connectivity index is 1.63. The van der Waals surface area contributed by atoms with Crippen LogP contribution in [0.5, 0.6) is 17.2 Å². The van der Waals surface area contributed by atoms with Gasteiger partial charge >= 0.3 is 0 Å². The summed E-state index contributed by atoms with van der Waals surface area (Å²) in [5, 5.41) is 1.08. The lowest BCUT2D eigenvalue weighted by Crippen LogP contribution is -2.13. The zero-order chi connectivity index (χ0) is 22.2. The van der Waals surface area contributed by atoms with E-state index in [0.29, 0.717) is 29.2 Å². The Hall–Kier alpha value is -3.73. The Morgan fingerprint density at radius 3 is 2.31 bits per heavy atom. The van der Waals surface area contributed by atoms with Gasteiger partial charge < -0.3 is 18.8 Å². The van der Waals surface area contributed by atoms with Crippen molar-refractivity contribution in [3.05, 3.63) is 77.4 Å².